The quantitative estimate of drug-likeness (QED) is 0.444. The van der Waals surface area contributed by atoms with Crippen molar-refractivity contribution in [3.63, 3.8) is 0 Å². The third-order valence-electron chi connectivity index (χ3n) is 4.76. The van der Waals surface area contributed by atoms with Crippen LogP contribution >= 0.6 is 0 Å². The molecule has 0 aliphatic heterocycles. The largest absolute Gasteiger partial charge is 0.396 e. The molecule has 1 aliphatic carbocycles. The van der Waals surface area contributed by atoms with Crippen LogP contribution in [0.2, 0.25) is 0 Å². The Bertz CT molecular complexity index is 548. The van der Waals surface area contributed by atoms with E-state index in [0.717, 1.165) is 19.4 Å². The van der Waals surface area contributed by atoms with Crippen molar-refractivity contribution in [3.8, 4) is 0 Å². The van der Waals surface area contributed by atoms with Gasteiger partial charge in [-0.2, -0.15) is 0 Å². The molecule has 0 saturated heterocycles. The molecular formula is C22H34N2O. The molecule has 1 aromatic carbocycles. The second-order valence-electron chi connectivity index (χ2n) is 7.28. The third kappa shape index (κ3) is 7.03. The Balaban J connectivity index is 2.09. The predicted molar refractivity (Wildman–Crippen MR) is 108 cm³/mol. The van der Waals surface area contributed by atoms with Gasteiger partial charge in [-0.1, -0.05) is 55.3 Å². The minimum Gasteiger partial charge on any atom is -0.396 e. The number of nitrogens with zero attached hydrogens (tertiary/aromatic N) is 2. The fourth-order valence-electron chi connectivity index (χ4n) is 3.39. The van der Waals surface area contributed by atoms with Crippen molar-refractivity contribution in [2.24, 2.45) is 11.1 Å². The molecule has 1 aliphatic rings. The van der Waals surface area contributed by atoms with E-state index in [9.17, 15) is 0 Å². The summed E-state index contributed by atoms with van der Waals surface area (Å²) in [6.45, 7) is 4.00. The zero-order chi connectivity index (χ0) is 17.9. The van der Waals surface area contributed by atoms with Gasteiger partial charge in [0.2, 0.25) is 0 Å². The average molecular weight is 343 g/mol. The van der Waals surface area contributed by atoms with Crippen LogP contribution in [-0.4, -0.2) is 37.9 Å². The summed E-state index contributed by atoms with van der Waals surface area (Å²) in [5.41, 5.74) is 3.83. The van der Waals surface area contributed by atoms with Crippen LogP contribution in [0.1, 0.15) is 57.4 Å². The molecule has 1 saturated carbocycles. The summed E-state index contributed by atoms with van der Waals surface area (Å²) in [5, 5.41) is 4.62. The number of rotatable bonds is 9. The maximum absolute atomic E-state index is 5.72. The van der Waals surface area contributed by atoms with Gasteiger partial charge in [-0.25, -0.2) is 0 Å². The normalized spacial score (nSPS) is 21.2. The van der Waals surface area contributed by atoms with Crippen LogP contribution in [0.5, 0.6) is 0 Å². The molecule has 0 heterocycles. The maximum Gasteiger partial charge on any atom is 0.118 e. The molecule has 25 heavy (non-hydrogen) atoms. The van der Waals surface area contributed by atoms with Gasteiger partial charge < -0.3 is 9.74 Å². The van der Waals surface area contributed by atoms with E-state index in [1.54, 1.807) is 0 Å². The first kappa shape index (κ1) is 19.7. The van der Waals surface area contributed by atoms with Crippen molar-refractivity contribution in [2.45, 2.75) is 51.9 Å². The molecule has 0 unspecified atom stereocenters. The molecule has 1 fully saturated rings. The standard InChI is InChI=1S/C22H34N2O/c1-4-5-13-20-14-9-15-21(18-19-11-7-6-8-12-19)22(20)23-25-17-10-16-24(2)3/h6-8,11-12,18,20H,4-5,9-10,13-17H2,1-3H3/b21-18+,23-22+/t20-/m1/s1. The second-order valence-corrected chi connectivity index (χ2v) is 7.28. The number of hydrogen-bond acceptors (Lipinski definition) is 3. The highest BCUT2D eigenvalue weighted by Gasteiger charge is 2.25. The van der Waals surface area contributed by atoms with E-state index in [-0.39, 0.29) is 0 Å². The molecule has 0 radical (unpaired) electrons. The number of unbranched alkanes of at least 4 members (excludes halogenated alkanes) is 1. The van der Waals surface area contributed by atoms with Gasteiger partial charge in [0.15, 0.2) is 0 Å². The number of allylic oxidation sites excluding steroid dienone is 1. The summed E-state index contributed by atoms with van der Waals surface area (Å²) in [6, 6.07) is 10.6. The van der Waals surface area contributed by atoms with Crippen molar-refractivity contribution >= 4 is 11.8 Å². The van der Waals surface area contributed by atoms with Gasteiger partial charge in [-0.05, 0) is 63.4 Å². The average Bonchev–Trinajstić information content (AvgIpc) is 2.61. The summed E-state index contributed by atoms with van der Waals surface area (Å²) >= 11 is 0. The SMILES string of the molecule is CCCC[C@@H]1CCCC(=C\c2ccccc2)/C1=N/OCCCN(C)C. The molecule has 1 atom stereocenters. The van der Waals surface area contributed by atoms with Crippen molar-refractivity contribution in [1.29, 1.82) is 0 Å². The monoisotopic (exact) mass is 342 g/mol. The van der Waals surface area contributed by atoms with Crippen molar-refractivity contribution in [2.75, 3.05) is 27.2 Å². The Morgan fingerprint density at radius 2 is 2.00 bits per heavy atom. The van der Waals surface area contributed by atoms with Crippen LogP contribution in [0, 0.1) is 5.92 Å². The van der Waals surface area contributed by atoms with Gasteiger partial charge in [0.1, 0.15) is 6.61 Å². The van der Waals surface area contributed by atoms with E-state index in [1.807, 2.05) is 0 Å². The molecular weight excluding hydrogens is 308 g/mol. The lowest BCUT2D eigenvalue weighted by atomic mass is 9.80. The van der Waals surface area contributed by atoms with E-state index >= 15 is 0 Å². The molecule has 0 N–H and O–H groups in total. The highest BCUT2D eigenvalue weighted by molar-refractivity contribution is 6.05. The summed E-state index contributed by atoms with van der Waals surface area (Å²) < 4.78 is 0. The highest BCUT2D eigenvalue weighted by atomic mass is 16.6. The van der Waals surface area contributed by atoms with Crippen molar-refractivity contribution in [3.05, 3.63) is 41.5 Å². The Labute approximate surface area is 153 Å². The Kier molecular flexibility index (Phi) is 8.75. The van der Waals surface area contributed by atoms with Crippen molar-refractivity contribution < 1.29 is 4.84 Å². The number of oxime groups is 1. The molecule has 1 aromatic rings. The fourth-order valence-corrected chi connectivity index (χ4v) is 3.39. The first-order chi connectivity index (χ1) is 12.2. The second kappa shape index (κ2) is 11.1. The van der Waals surface area contributed by atoms with E-state index < -0.39 is 0 Å². The smallest absolute Gasteiger partial charge is 0.118 e. The molecule has 0 bridgehead atoms. The van der Waals surface area contributed by atoms with Gasteiger partial charge >= 0.3 is 0 Å². The molecule has 0 aromatic heterocycles. The maximum atomic E-state index is 5.72. The molecule has 2 rings (SSSR count). The Hall–Kier alpha value is -1.61. The predicted octanol–water partition coefficient (Wildman–Crippen LogP) is 5.38. The lowest BCUT2D eigenvalue weighted by Crippen LogP contribution is -2.23. The Morgan fingerprint density at radius 1 is 1.20 bits per heavy atom. The zero-order valence-electron chi connectivity index (χ0n) is 16.2. The van der Waals surface area contributed by atoms with E-state index in [1.165, 1.54) is 49.0 Å². The molecule has 3 heteroatoms. The number of hydrogen-bond donors (Lipinski definition) is 0. The van der Waals surface area contributed by atoms with E-state index in [4.69, 9.17) is 4.84 Å². The lowest BCUT2D eigenvalue weighted by Gasteiger charge is -2.26. The third-order valence-corrected chi connectivity index (χ3v) is 4.76. The topological polar surface area (TPSA) is 24.8 Å². The minimum absolute atomic E-state index is 0.553. The first-order valence-corrected chi connectivity index (χ1v) is 9.81. The van der Waals surface area contributed by atoms with Gasteiger partial charge in [0, 0.05) is 12.5 Å². The van der Waals surface area contributed by atoms with Crippen LogP contribution in [-0.2, 0) is 4.84 Å². The van der Waals surface area contributed by atoms with Gasteiger partial charge in [-0.3, -0.25) is 0 Å². The van der Waals surface area contributed by atoms with Gasteiger partial charge in [-0.15, -0.1) is 0 Å². The molecule has 3 nitrogen and oxygen atoms in total. The minimum atomic E-state index is 0.553. The molecule has 0 spiro atoms. The summed E-state index contributed by atoms with van der Waals surface area (Å²) in [6.07, 6.45) is 10.7. The van der Waals surface area contributed by atoms with Gasteiger partial charge in [0.25, 0.3) is 0 Å². The molecule has 138 valence electrons. The van der Waals surface area contributed by atoms with Crippen LogP contribution in [0.3, 0.4) is 0 Å². The zero-order valence-corrected chi connectivity index (χ0v) is 16.2. The number of benzene rings is 1. The Morgan fingerprint density at radius 3 is 2.72 bits per heavy atom. The van der Waals surface area contributed by atoms with Crippen LogP contribution in [0.15, 0.2) is 41.1 Å². The summed E-state index contributed by atoms with van der Waals surface area (Å²) in [7, 11) is 4.18. The molecule has 0 amide bonds. The van der Waals surface area contributed by atoms with Gasteiger partial charge in [0.05, 0.1) is 5.71 Å². The van der Waals surface area contributed by atoms with E-state index in [2.05, 4.69) is 67.5 Å². The van der Waals surface area contributed by atoms with Crippen LogP contribution < -0.4 is 0 Å². The van der Waals surface area contributed by atoms with E-state index in [0.29, 0.717) is 12.5 Å². The first-order valence-electron chi connectivity index (χ1n) is 9.81. The van der Waals surface area contributed by atoms with Crippen LogP contribution in [0.4, 0.5) is 0 Å². The lowest BCUT2D eigenvalue weighted by molar-refractivity contribution is 0.133. The summed E-state index contributed by atoms with van der Waals surface area (Å²) in [4.78, 5) is 7.90. The highest BCUT2D eigenvalue weighted by Crippen LogP contribution is 2.31. The van der Waals surface area contributed by atoms with Crippen LogP contribution in [0.25, 0.3) is 6.08 Å². The summed E-state index contributed by atoms with van der Waals surface area (Å²) in [5.74, 6) is 0.553. The van der Waals surface area contributed by atoms with Crippen molar-refractivity contribution in [1.82, 2.24) is 4.90 Å². The fraction of sp³-hybridized carbons (Fsp3) is 0.591.